The number of amides is 1. The van der Waals surface area contributed by atoms with Gasteiger partial charge in [0.05, 0.1) is 10.6 Å². The number of rotatable bonds is 5. The van der Waals surface area contributed by atoms with Crippen LogP contribution in [0.5, 0.6) is 0 Å². The maximum atomic E-state index is 12.2. The van der Waals surface area contributed by atoms with Gasteiger partial charge in [-0.1, -0.05) is 12.0 Å². The molecule has 3 rings (SSSR count). The third-order valence-electron chi connectivity index (χ3n) is 3.29. The van der Waals surface area contributed by atoms with Crippen LogP contribution in [0, 0.1) is 0 Å². The van der Waals surface area contributed by atoms with Crippen LogP contribution in [0.3, 0.4) is 0 Å². The summed E-state index contributed by atoms with van der Waals surface area (Å²) < 4.78 is 34.6. The monoisotopic (exact) mass is 425 g/mol. The molecule has 3 aromatic rings. The molecule has 8 nitrogen and oxygen atoms in total. The van der Waals surface area contributed by atoms with Gasteiger partial charge >= 0.3 is 6.01 Å². The fourth-order valence-corrected chi connectivity index (χ4v) is 3.14. The predicted octanol–water partition coefficient (Wildman–Crippen LogP) is 3.14. The number of nitrogens with one attached hydrogen (secondary N) is 1. The summed E-state index contributed by atoms with van der Waals surface area (Å²) in [7, 11) is -3.31. The normalized spacial score (nSPS) is 11.4. The number of carbonyl (C=O) groups excluding carboxylic acids is 1. The molecule has 0 aliphatic carbocycles. The van der Waals surface area contributed by atoms with Gasteiger partial charge in [-0.2, -0.15) is 0 Å². The van der Waals surface area contributed by atoms with Crippen LogP contribution in [0.2, 0.25) is 0 Å². The standard InChI is InChI=1S/C15H12BrN3O5S/c1-2-25(21,22)10-5-3-9(4-6-10)13(20)17-15-19-18-14(24-15)11-7-8-12(16)23-11/h3-8H,2H2,1H3,(H,17,19,20). The maximum Gasteiger partial charge on any atom is 0.322 e. The van der Waals surface area contributed by atoms with Crippen LogP contribution in [0.1, 0.15) is 17.3 Å². The second-order valence-corrected chi connectivity index (χ2v) is 7.96. The number of sulfone groups is 1. The van der Waals surface area contributed by atoms with E-state index < -0.39 is 15.7 Å². The first-order valence-corrected chi connectivity index (χ1v) is 9.57. The van der Waals surface area contributed by atoms with Crippen molar-refractivity contribution in [3.05, 3.63) is 46.6 Å². The molecule has 0 aliphatic heterocycles. The summed E-state index contributed by atoms with van der Waals surface area (Å²) >= 11 is 3.16. The fraction of sp³-hybridized carbons (Fsp3) is 0.133. The number of nitrogens with zero attached hydrogens (tertiary/aromatic N) is 2. The summed E-state index contributed by atoms with van der Waals surface area (Å²) in [6.07, 6.45) is 0. The number of carbonyl (C=O) groups is 1. The molecule has 1 N–H and O–H groups in total. The molecule has 1 amide bonds. The molecule has 1 aromatic carbocycles. The van der Waals surface area contributed by atoms with Crippen LogP contribution in [0.15, 0.2) is 54.8 Å². The maximum absolute atomic E-state index is 12.2. The quantitative estimate of drug-likeness (QED) is 0.667. The van der Waals surface area contributed by atoms with Gasteiger partial charge in [-0.3, -0.25) is 10.1 Å². The number of anilines is 1. The van der Waals surface area contributed by atoms with Crippen molar-refractivity contribution < 1.29 is 22.0 Å². The van der Waals surface area contributed by atoms with E-state index in [0.717, 1.165) is 0 Å². The van der Waals surface area contributed by atoms with E-state index in [1.807, 2.05) is 0 Å². The molecule has 25 heavy (non-hydrogen) atoms. The van der Waals surface area contributed by atoms with Crippen molar-refractivity contribution >= 4 is 37.7 Å². The van der Waals surface area contributed by atoms with Crippen LogP contribution >= 0.6 is 15.9 Å². The predicted molar refractivity (Wildman–Crippen MR) is 91.8 cm³/mol. The van der Waals surface area contributed by atoms with E-state index >= 15 is 0 Å². The first-order chi connectivity index (χ1) is 11.9. The second-order valence-electron chi connectivity index (χ2n) is 4.90. The Labute approximate surface area is 151 Å². The Hall–Kier alpha value is -2.46. The zero-order chi connectivity index (χ0) is 18.0. The van der Waals surface area contributed by atoms with Gasteiger partial charge in [-0.15, -0.1) is 5.10 Å². The third kappa shape index (κ3) is 3.80. The number of furan rings is 1. The smallest absolute Gasteiger partial charge is 0.322 e. The van der Waals surface area contributed by atoms with E-state index in [1.165, 1.54) is 24.3 Å². The first kappa shape index (κ1) is 17.4. The molecule has 0 saturated carbocycles. The third-order valence-corrected chi connectivity index (χ3v) is 5.46. The Morgan fingerprint density at radius 2 is 1.84 bits per heavy atom. The van der Waals surface area contributed by atoms with Gasteiger partial charge in [0.25, 0.3) is 11.8 Å². The fourth-order valence-electron chi connectivity index (χ4n) is 1.95. The number of hydrogen-bond acceptors (Lipinski definition) is 7. The second kappa shape index (κ2) is 6.81. The van der Waals surface area contributed by atoms with Crippen molar-refractivity contribution in [1.29, 1.82) is 0 Å². The lowest BCUT2D eigenvalue weighted by molar-refractivity contribution is 0.102. The molecule has 0 fully saturated rings. The highest BCUT2D eigenvalue weighted by Gasteiger charge is 2.16. The summed E-state index contributed by atoms with van der Waals surface area (Å²) in [5.74, 6) is -0.0395. The van der Waals surface area contributed by atoms with Crippen LogP contribution < -0.4 is 5.32 Å². The first-order valence-electron chi connectivity index (χ1n) is 7.12. The summed E-state index contributed by atoms with van der Waals surface area (Å²) in [5, 5.41) is 9.94. The Morgan fingerprint density at radius 3 is 2.44 bits per heavy atom. The molecule has 0 radical (unpaired) electrons. The van der Waals surface area contributed by atoms with Gasteiger partial charge in [-0.25, -0.2) is 8.42 Å². The van der Waals surface area contributed by atoms with Gasteiger partial charge in [0.2, 0.25) is 0 Å². The van der Waals surface area contributed by atoms with Crippen molar-refractivity contribution in [3.8, 4) is 11.7 Å². The van der Waals surface area contributed by atoms with E-state index in [-0.39, 0.29) is 28.1 Å². The lowest BCUT2D eigenvalue weighted by Gasteiger charge is -2.03. The topological polar surface area (TPSA) is 115 Å². The molecule has 10 heteroatoms. The molecular formula is C15H12BrN3O5S. The highest BCUT2D eigenvalue weighted by Crippen LogP contribution is 2.25. The van der Waals surface area contributed by atoms with Gasteiger partial charge in [-0.05, 0) is 52.3 Å². The molecule has 2 heterocycles. The lowest BCUT2D eigenvalue weighted by atomic mass is 10.2. The van der Waals surface area contributed by atoms with E-state index in [2.05, 4.69) is 31.4 Å². The summed E-state index contributed by atoms with van der Waals surface area (Å²) in [5.41, 5.74) is 0.260. The minimum absolute atomic E-state index is 0.00774. The molecule has 130 valence electrons. The molecular weight excluding hydrogens is 414 g/mol. The molecule has 0 atom stereocenters. The molecule has 0 bridgehead atoms. The van der Waals surface area contributed by atoms with Crippen LogP contribution in [-0.2, 0) is 9.84 Å². The van der Waals surface area contributed by atoms with E-state index in [0.29, 0.717) is 10.4 Å². The SMILES string of the molecule is CCS(=O)(=O)c1ccc(C(=O)Nc2nnc(-c3ccc(Br)o3)o2)cc1. The number of aromatic nitrogens is 2. The highest BCUT2D eigenvalue weighted by atomic mass is 79.9. The lowest BCUT2D eigenvalue weighted by Crippen LogP contribution is -2.12. The highest BCUT2D eigenvalue weighted by molar-refractivity contribution is 9.10. The Morgan fingerprint density at radius 1 is 1.12 bits per heavy atom. The van der Waals surface area contributed by atoms with Gasteiger partial charge in [0, 0.05) is 5.56 Å². The van der Waals surface area contributed by atoms with Crippen molar-refractivity contribution in [1.82, 2.24) is 10.2 Å². The molecule has 2 aromatic heterocycles. The molecule has 0 unspecified atom stereocenters. The van der Waals surface area contributed by atoms with Gasteiger partial charge in [0.1, 0.15) is 0 Å². The average Bonchev–Trinajstić information content (AvgIpc) is 3.24. The Bertz CT molecular complexity index is 1010. The zero-order valence-corrected chi connectivity index (χ0v) is 15.3. The van der Waals surface area contributed by atoms with Crippen LogP contribution in [0.25, 0.3) is 11.7 Å². The van der Waals surface area contributed by atoms with Crippen molar-refractivity contribution in [2.24, 2.45) is 0 Å². The van der Waals surface area contributed by atoms with Crippen molar-refractivity contribution in [3.63, 3.8) is 0 Å². The molecule has 0 spiro atoms. The summed E-state index contributed by atoms with van der Waals surface area (Å²) in [6, 6.07) is 8.80. The van der Waals surface area contributed by atoms with Gasteiger partial charge < -0.3 is 8.83 Å². The summed E-state index contributed by atoms with van der Waals surface area (Å²) in [6.45, 7) is 1.56. The zero-order valence-electron chi connectivity index (χ0n) is 12.9. The van der Waals surface area contributed by atoms with Crippen molar-refractivity contribution in [2.75, 3.05) is 11.1 Å². The van der Waals surface area contributed by atoms with Crippen LogP contribution in [-0.4, -0.2) is 30.3 Å². The van der Waals surface area contributed by atoms with Gasteiger partial charge in [0.15, 0.2) is 20.3 Å². The van der Waals surface area contributed by atoms with E-state index in [9.17, 15) is 13.2 Å². The number of benzene rings is 1. The molecule has 0 saturated heterocycles. The number of hydrogen-bond donors (Lipinski definition) is 1. The Kier molecular flexibility index (Phi) is 4.73. The van der Waals surface area contributed by atoms with E-state index in [4.69, 9.17) is 8.83 Å². The average molecular weight is 426 g/mol. The van der Waals surface area contributed by atoms with E-state index in [1.54, 1.807) is 19.1 Å². The molecule has 0 aliphatic rings. The van der Waals surface area contributed by atoms with Crippen molar-refractivity contribution in [2.45, 2.75) is 11.8 Å². The summed E-state index contributed by atoms with van der Waals surface area (Å²) in [4.78, 5) is 12.3. The number of halogens is 1. The Balaban J connectivity index is 1.73. The minimum Gasteiger partial charge on any atom is -0.444 e. The largest absolute Gasteiger partial charge is 0.444 e. The van der Waals surface area contributed by atoms with Crippen LogP contribution in [0.4, 0.5) is 6.01 Å². The minimum atomic E-state index is -3.31.